The van der Waals surface area contributed by atoms with Crippen LogP contribution in [0.25, 0.3) is 0 Å². The topological polar surface area (TPSA) is 38.0 Å². The average Bonchev–Trinajstić information content (AvgIpc) is 2.22. The maximum atomic E-state index is 13.8. The van der Waals surface area contributed by atoms with E-state index in [0.717, 1.165) is 12.8 Å². The second-order valence-corrected chi connectivity index (χ2v) is 5.22. The van der Waals surface area contributed by atoms with Crippen LogP contribution < -0.4 is 11.1 Å². The quantitative estimate of drug-likeness (QED) is 0.825. The molecule has 98 valence electrons. The van der Waals surface area contributed by atoms with E-state index >= 15 is 0 Å². The molecular formula is C13H16F2N2S. The van der Waals surface area contributed by atoms with Crippen LogP contribution in [0.15, 0.2) is 12.1 Å². The molecule has 1 aromatic rings. The molecule has 1 aliphatic carbocycles. The molecule has 0 aliphatic heterocycles. The van der Waals surface area contributed by atoms with Crippen molar-refractivity contribution in [1.82, 2.24) is 0 Å². The van der Waals surface area contributed by atoms with E-state index < -0.39 is 11.6 Å². The standard InChI is InChI=1S/C13H16F2N2S/c1-7(8-3-2-4-8)17-10-6-5-9(13(16)18)11(14)12(10)15/h5-8,17H,2-4H2,1H3,(H2,16,18). The van der Waals surface area contributed by atoms with Gasteiger partial charge in [0.2, 0.25) is 0 Å². The third-order valence-electron chi connectivity index (χ3n) is 3.59. The van der Waals surface area contributed by atoms with Gasteiger partial charge in [0.05, 0.1) is 5.69 Å². The molecule has 0 amide bonds. The van der Waals surface area contributed by atoms with Crippen LogP contribution in [-0.4, -0.2) is 11.0 Å². The molecule has 0 bridgehead atoms. The van der Waals surface area contributed by atoms with Crippen molar-refractivity contribution in [2.75, 3.05) is 5.32 Å². The highest BCUT2D eigenvalue weighted by Gasteiger charge is 2.25. The van der Waals surface area contributed by atoms with Crippen molar-refractivity contribution in [3.05, 3.63) is 29.3 Å². The molecule has 0 spiro atoms. The Morgan fingerprint density at radius 1 is 1.39 bits per heavy atom. The van der Waals surface area contributed by atoms with Gasteiger partial charge in [-0.05, 0) is 37.8 Å². The summed E-state index contributed by atoms with van der Waals surface area (Å²) in [6.07, 6.45) is 3.50. The molecule has 1 fully saturated rings. The van der Waals surface area contributed by atoms with E-state index in [0.29, 0.717) is 5.92 Å². The number of thiocarbonyl (C=S) groups is 1. The van der Waals surface area contributed by atoms with Crippen LogP contribution >= 0.6 is 12.2 Å². The highest BCUT2D eigenvalue weighted by atomic mass is 32.1. The van der Waals surface area contributed by atoms with Crippen molar-refractivity contribution in [3.63, 3.8) is 0 Å². The molecule has 18 heavy (non-hydrogen) atoms. The molecule has 1 aliphatic rings. The van der Waals surface area contributed by atoms with Gasteiger partial charge in [0, 0.05) is 11.6 Å². The predicted octanol–water partition coefficient (Wildman–Crippen LogP) is 3.20. The molecule has 2 nitrogen and oxygen atoms in total. The molecule has 0 aromatic heterocycles. The lowest BCUT2D eigenvalue weighted by Crippen LogP contribution is -2.31. The van der Waals surface area contributed by atoms with Gasteiger partial charge in [-0.3, -0.25) is 0 Å². The van der Waals surface area contributed by atoms with Crippen LogP contribution in [0.3, 0.4) is 0 Å². The summed E-state index contributed by atoms with van der Waals surface area (Å²) in [5.41, 5.74) is 5.44. The maximum Gasteiger partial charge on any atom is 0.182 e. The predicted molar refractivity (Wildman–Crippen MR) is 72.7 cm³/mol. The largest absolute Gasteiger partial charge is 0.389 e. The van der Waals surface area contributed by atoms with Crippen LogP contribution in [0.1, 0.15) is 31.7 Å². The van der Waals surface area contributed by atoms with E-state index in [9.17, 15) is 8.78 Å². The minimum atomic E-state index is -0.978. The zero-order valence-corrected chi connectivity index (χ0v) is 11.0. The number of nitrogens with two attached hydrogens (primary N) is 1. The van der Waals surface area contributed by atoms with Crippen molar-refractivity contribution < 1.29 is 8.78 Å². The molecule has 0 radical (unpaired) electrons. The molecule has 1 atom stereocenters. The molecule has 1 aromatic carbocycles. The first kappa shape index (κ1) is 13.2. The summed E-state index contributed by atoms with van der Waals surface area (Å²) in [5, 5.41) is 3.02. The fourth-order valence-electron chi connectivity index (χ4n) is 2.15. The third-order valence-corrected chi connectivity index (χ3v) is 3.81. The van der Waals surface area contributed by atoms with Gasteiger partial charge in [0.1, 0.15) is 4.99 Å². The van der Waals surface area contributed by atoms with Crippen molar-refractivity contribution >= 4 is 22.9 Å². The van der Waals surface area contributed by atoms with Gasteiger partial charge >= 0.3 is 0 Å². The van der Waals surface area contributed by atoms with Gasteiger partial charge in [0.25, 0.3) is 0 Å². The van der Waals surface area contributed by atoms with E-state index in [2.05, 4.69) is 17.5 Å². The second kappa shape index (κ2) is 5.18. The van der Waals surface area contributed by atoms with Crippen molar-refractivity contribution in [2.45, 2.75) is 32.2 Å². The van der Waals surface area contributed by atoms with Gasteiger partial charge in [0.15, 0.2) is 11.6 Å². The molecule has 1 unspecified atom stereocenters. The SMILES string of the molecule is CC(Nc1ccc(C(N)=S)c(F)c1F)C1CCC1. The first-order valence-corrected chi connectivity index (χ1v) is 6.46. The number of nitrogens with one attached hydrogen (secondary N) is 1. The van der Waals surface area contributed by atoms with Gasteiger partial charge in [-0.2, -0.15) is 0 Å². The highest BCUT2D eigenvalue weighted by molar-refractivity contribution is 7.80. The summed E-state index contributed by atoms with van der Waals surface area (Å²) in [5.74, 6) is -1.34. The number of anilines is 1. The Hall–Kier alpha value is -1.23. The molecular weight excluding hydrogens is 254 g/mol. The number of rotatable bonds is 4. The number of hydrogen-bond donors (Lipinski definition) is 2. The zero-order valence-electron chi connectivity index (χ0n) is 10.2. The lowest BCUT2D eigenvalue weighted by molar-refractivity contribution is 0.284. The van der Waals surface area contributed by atoms with Crippen LogP contribution in [0.5, 0.6) is 0 Å². The number of halogens is 2. The Bertz CT molecular complexity index is 472. The van der Waals surface area contributed by atoms with Gasteiger partial charge in [-0.25, -0.2) is 8.78 Å². The fourth-order valence-corrected chi connectivity index (χ4v) is 2.31. The summed E-state index contributed by atoms with van der Waals surface area (Å²) in [6, 6.07) is 3.04. The first-order chi connectivity index (χ1) is 8.50. The van der Waals surface area contributed by atoms with Gasteiger partial charge in [-0.1, -0.05) is 18.6 Å². The molecule has 1 saturated carbocycles. The van der Waals surface area contributed by atoms with Crippen LogP contribution in [-0.2, 0) is 0 Å². The second-order valence-electron chi connectivity index (χ2n) is 4.78. The smallest absolute Gasteiger partial charge is 0.182 e. The average molecular weight is 270 g/mol. The minimum Gasteiger partial charge on any atom is -0.389 e. The van der Waals surface area contributed by atoms with Crippen LogP contribution in [0.4, 0.5) is 14.5 Å². The lowest BCUT2D eigenvalue weighted by atomic mass is 9.80. The molecule has 5 heteroatoms. The summed E-state index contributed by atoms with van der Waals surface area (Å²) in [4.78, 5) is -0.134. The summed E-state index contributed by atoms with van der Waals surface area (Å²) in [6.45, 7) is 1.99. The number of benzene rings is 1. The Morgan fingerprint density at radius 2 is 2.06 bits per heavy atom. The van der Waals surface area contributed by atoms with E-state index in [1.165, 1.54) is 18.6 Å². The van der Waals surface area contributed by atoms with Gasteiger partial charge < -0.3 is 11.1 Å². The Labute approximate surface area is 111 Å². The fraction of sp³-hybridized carbons (Fsp3) is 0.462. The van der Waals surface area contributed by atoms with Crippen molar-refractivity contribution in [1.29, 1.82) is 0 Å². The third kappa shape index (κ3) is 2.46. The Kier molecular flexibility index (Phi) is 3.80. The van der Waals surface area contributed by atoms with Crippen LogP contribution in [0.2, 0.25) is 0 Å². The maximum absolute atomic E-state index is 13.8. The van der Waals surface area contributed by atoms with E-state index in [4.69, 9.17) is 5.73 Å². The molecule has 0 heterocycles. The van der Waals surface area contributed by atoms with Crippen LogP contribution in [0, 0.1) is 17.6 Å². The molecule has 0 saturated heterocycles. The van der Waals surface area contributed by atoms with E-state index in [1.54, 1.807) is 0 Å². The molecule has 2 rings (SSSR count). The molecule has 3 N–H and O–H groups in total. The minimum absolute atomic E-state index is 0.0515. The van der Waals surface area contributed by atoms with Crippen molar-refractivity contribution in [2.24, 2.45) is 11.7 Å². The zero-order chi connectivity index (χ0) is 13.3. The monoisotopic (exact) mass is 270 g/mol. The Balaban J connectivity index is 2.18. The van der Waals surface area contributed by atoms with E-state index in [-0.39, 0.29) is 22.3 Å². The van der Waals surface area contributed by atoms with Gasteiger partial charge in [-0.15, -0.1) is 0 Å². The van der Waals surface area contributed by atoms with E-state index in [1.807, 2.05) is 6.92 Å². The summed E-state index contributed by atoms with van der Waals surface area (Å²) < 4.78 is 27.5. The summed E-state index contributed by atoms with van der Waals surface area (Å²) >= 11 is 4.66. The first-order valence-electron chi connectivity index (χ1n) is 6.05. The normalized spacial score (nSPS) is 17.1. The Morgan fingerprint density at radius 3 is 2.56 bits per heavy atom. The van der Waals surface area contributed by atoms with Crippen molar-refractivity contribution in [3.8, 4) is 0 Å². The lowest BCUT2D eigenvalue weighted by Gasteiger charge is -2.32. The number of hydrogen-bond acceptors (Lipinski definition) is 2. The highest BCUT2D eigenvalue weighted by Crippen LogP contribution is 2.32. The summed E-state index contributed by atoms with van der Waals surface area (Å²) in [7, 11) is 0.